The van der Waals surface area contributed by atoms with E-state index in [9.17, 15) is 0 Å². The molecule has 2 rings (SSSR count). The van der Waals surface area contributed by atoms with E-state index in [1.807, 2.05) is 6.07 Å². The summed E-state index contributed by atoms with van der Waals surface area (Å²) in [5, 5.41) is 3.55. The molecule has 0 amide bonds. The highest BCUT2D eigenvalue weighted by molar-refractivity contribution is 5.30. The first-order valence-corrected chi connectivity index (χ1v) is 9.76. The first-order valence-electron chi connectivity index (χ1n) is 9.76. The Morgan fingerprint density at radius 1 is 0.880 bits per heavy atom. The molecule has 2 aromatic carbocycles. The number of unbranched alkanes of at least 4 members (excludes halogenated alkanes) is 5. The van der Waals surface area contributed by atoms with E-state index in [0.29, 0.717) is 6.61 Å². The Hall–Kier alpha value is -1.80. The van der Waals surface area contributed by atoms with Crippen LogP contribution in [0.3, 0.4) is 0 Å². The molecule has 0 aliphatic rings. The smallest absolute Gasteiger partial charge is 0.120 e. The molecule has 2 heteroatoms. The minimum atomic E-state index is 0.626. The summed E-state index contributed by atoms with van der Waals surface area (Å²) in [7, 11) is 0. The molecule has 0 spiro atoms. The summed E-state index contributed by atoms with van der Waals surface area (Å²) in [6.45, 7) is 7.03. The lowest BCUT2D eigenvalue weighted by molar-refractivity contribution is 0.305. The van der Waals surface area contributed by atoms with Gasteiger partial charge in [-0.05, 0) is 48.7 Å². The van der Waals surface area contributed by atoms with E-state index in [4.69, 9.17) is 4.74 Å². The van der Waals surface area contributed by atoms with Crippen LogP contribution < -0.4 is 10.1 Å². The summed E-state index contributed by atoms with van der Waals surface area (Å²) in [4.78, 5) is 0. The SMILES string of the molecule is CCCCCCCCNCc1cccc(OCc2ccccc2C)c1. The van der Waals surface area contributed by atoms with Crippen molar-refractivity contribution in [3.05, 3.63) is 65.2 Å². The van der Waals surface area contributed by atoms with E-state index < -0.39 is 0 Å². The van der Waals surface area contributed by atoms with Crippen LogP contribution in [-0.4, -0.2) is 6.54 Å². The molecule has 0 aliphatic heterocycles. The lowest BCUT2D eigenvalue weighted by Gasteiger charge is -2.10. The van der Waals surface area contributed by atoms with Crippen molar-refractivity contribution >= 4 is 0 Å². The molecular weight excluding hydrogens is 306 g/mol. The van der Waals surface area contributed by atoms with E-state index in [1.165, 1.54) is 55.2 Å². The maximum absolute atomic E-state index is 5.97. The van der Waals surface area contributed by atoms with E-state index in [2.05, 4.69) is 61.6 Å². The highest BCUT2D eigenvalue weighted by Gasteiger charge is 2.00. The summed E-state index contributed by atoms with van der Waals surface area (Å²) < 4.78 is 5.97. The molecule has 0 aromatic heterocycles. The number of rotatable bonds is 12. The molecule has 0 heterocycles. The van der Waals surface area contributed by atoms with Gasteiger partial charge >= 0.3 is 0 Å². The molecule has 0 saturated heterocycles. The van der Waals surface area contributed by atoms with Crippen molar-refractivity contribution in [2.24, 2.45) is 0 Å². The first-order chi connectivity index (χ1) is 12.3. The Morgan fingerprint density at radius 2 is 1.68 bits per heavy atom. The van der Waals surface area contributed by atoms with Crippen LogP contribution in [0, 0.1) is 6.92 Å². The fourth-order valence-corrected chi connectivity index (χ4v) is 2.94. The minimum Gasteiger partial charge on any atom is -0.489 e. The summed E-state index contributed by atoms with van der Waals surface area (Å²) in [6.07, 6.45) is 8.07. The molecule has 25 heavy (non-hydrogen) atoms. The Morgan fingerprint density at radius 3 is 2.52 bits per heavy atom. The molecule has 0 aliphatic carbocycles. The maximum atomic E-state index is 5.97. The largest absolute Gasteiger partial charge is 0.489 e. The van der Waals surface area contributed by atoms with Crippen LogP contribution in [0.4, 0.5) is 0 Å². The second-order valence-corrected chi connectivity index (χ2v) is 6.81. The number of benzene rings is 2. The standard InChI is InChI=1S/C23H33NO/c1-3-4-5-6-7-10-16-24-18-21-13-11-15-23(17-21)25-19-22-14-9-8-12-20(22)2/h8-9,11-15,17,24H,3-7,10,16,18-19H2,1-2H3. The Balaban J connectivity index is 1.67. The molecule has 0 radical (unpaired) electrons. The van der Waals surface area contributed by atoms with Crippen molar-refractivity contribution in [3.8, 4) is 5.75 Å². The summed E-state index contributed by atoms with van der Waals surface area (Å²) in [6, 6.07) is 16.8. The molecule has 0 saturated carbocycles. The molecule has 0 atom stereocenters. The third-order valence-corrected chi connectivity index (χ3v) is 4.59. The average molecular weight is 340 g/mol. The number of nitrogens with one attached hydrogen (secondary N) is 1. The van der Waals surface area contributed by atoms with Gasteiger partial charge in [-0.1, -0.05) is 75.4 Å². The summed E-state index contributed by atoms with van der Waals surface area (Å²) in [5.74, 6) is 0.946. The molecule has 0 unspecified atom stereocenters. The van der Waals surface area contributed by atoms with E-state index in [1.54, 1.807) is 0 Å². The van der Waals surface area contributed by atoms with Gasteiger partial charge < -0.3 is 10.1 Å². The summed E-state index contributed by atoms with van der Waals surface area (Å²) in [5.41, 5.74) is 3.81. The highest BCUT2D eigenvalue weighted by atomic mass is 16.5. The molecular formula is C23H33NO. The van der Waals surface area contributed by atoms with Gasteiger partial charge in [-0.25, -0.2) is 0 Å². The lowest BCUT2D eigenvalue weighted by atomic mass is 10.1. The van der Waals surface area contributed by atoms with Crippen LogP contribution in [0.1, 0.15) is 62.1 Å². The van der Waals surface area contributed by atoms with Crippen LogP contribution in [0.15, 0.2) is 48.5 Å². The van der Waals surface area contributed by atoms with Gasteiger partial charge in [0.25, 0.3) is 0 Å². The highest BCUT2D eigenvalue weighted by Crippen LogP contribution is 2.16. The zero-order valence-corrected chi connectivity index (χ0v) is 15.9. The fourth-order valence-electron chi connectivity index (χ4n) is 2.94. The van der Waals surface area contributed by atoms with E-state index in [0.717, 1.165) is 18.8 Å². The number of ether oxygens (including phenoxy) is 1. The Bertz CT molecular complexity index is 609. The first kappa shape index (κ1) is 19.5. The number of hydrogen-bond donors (Lipinski definition) is 1. The van der Waals surface area contributed by atoms with Crippen molar-refractivity contribution in [2.75, 3.05) is 6.54 Å². The predicted octanol–water partition coefficient (Wildman–Crippen LogP) is 6.02. The van der Waals surface area contributed by atoms with Crippen molar-refractivity contribution in [3.63, 3.8) is 0 Å². The van der Waals surface area contributed by atoms with Crippen LogP contribution in [-0.2, 0) is 13.2 Å². The van der Waals surface area contributed by atoms with Crippen LogP contribution in [0.25, 0.3) is 0 Å². The zero-order chi connectivity index (χ0) is 17.7. The average Bonchev–Trinajstić information content (AvgIpc) is 2.64. The van der Waals surface area contributed by atoms with Gasteiger partial charge in [0.2, 0.25) is 0 Å². The van der Waals surface area contributed by atoms with Gasteiger partial charge in [-0.2, -0.15) is 0 Å². The van der Waals surface area contributed by atoms with Crippen molar-refractivity contribution in [2.45, 2.75) is 65.5 Å². The Kier molecular flexibility index (Phi) is 9.14. The number of hydrogen-bond acceptors (Lipinski definition) is 2. The quantitative estimate of drug-likeness (QED) is 0.477. The normalized spacial score (nSPS) is 10.8. The predicted molar refractivity (Wildman–Crippen MR) is 107 cm³/mol. The van der Waals surface area contributed by atoms with E-state index in [-0.39, 0.29) is 0 Å². The second-order valence-electron chi connectivity index (χ2n) is 6.81. The zero-order valence-electron chi connectivity index (χ0n) is 15.9. The third-order valence-electron chi connectivity index (χ3n) is 4.59. The number of aryl methyl sites for hydroxylation is 1. The fraction of sp³-hybridized carbons (Fsp3) is 0.478. The topological polar surface area (TPSA) is 21.3 Å². The molecule has 136 valence electrons. The monoisotopic (exact) mass is 339 g/mol. The molecule has 0 bridgehead atoms. The van der Waals surface area contributed by atoms with Gasteiger partial charge in [0.15, 0.2) is 0 Å². The van der Waals surface area contributed by atoms with Gasteiger partial charge in [-0.15, -0.1) is 0 Å². The van der Waals surface area contributed by atoms with Gasteiger partial charge in [-0.3, -0.25) is 0 Å². The van der Waals surface area contributed by atoms with Crippen molar-refractivity contribution in [1.82, 2.24) is 5.32 Å². The minimum absolute atomic E-state index is 0.626. The van der Waals surface area contributed by atoms with Gasteiger partial charge in [0.1, 0.15) is 12.4 Å². The van der Waals surface area contributed by atoms with Gasteiger partial charge in [0, 0.05) is 6.54 Å². The molecule has 1 N–H and O–H groups in total. The second kappa shape index (κ2) is 11.7. The van der Waals surface area contributed by atoms with Crippen molar-refractivity contribution < 1.29 is 4.74 Å². The van der Waals surface area contributed by atoms with Crippen LogP contribution >= 0.6 is 0 Å². The van der Waals surface area contributed by atoms with Crippen molar-refractivity contribution in [1.29, 1.82) is 0 Å². The molecule has 2 aromatic rings. The third kappa shape index (κ3) is 7.74. The molecule has 2 nitrogen and oxygen atoms in total. The Labute approximate surface area is 153 Å². The van der Waals surface area contributed by atoms with Crippen LogP contribution in [0.2, 0.25) is 0 Å². The van der Waals surface area contributed by atoms with Gasteiger partial charge in [0.05, 0.1) is 0 Å². The summed E-state index contributed by atoms with van der Waals surface area (Å²) >= 11 is 0. The maximum Gasteiger partial charge on any atom is 0.120 e. The van der Waals surface area contributed by atoms with Crippen LogP contribution in [0.5, 0.6) is 5.75 Å². The lowest BCUT2D eigenvalue weighted by Crippen LogP contribution is -2.14. The van der Waals surface area contributed by atoms with E-state index >= 15 is 0 Å². The molecule has 0 fully saturated rings.